The summed E-state index contributed by atoms with van der Waals surface area (Å²) in [6.07, 6.45) is -4.29. The Morgan fingerprint density at radius 2 is 2.00 bits per heavy atom. The van der Waals surface area contributed by atoms with Crippen LogP contribution >= 0.6 is 0 Å². The lowest BCUT2D eigenvalue weighted by Crippen LogP contribution is -2.42. The summed E-state index contributed by atoms with van der Waals surface area (Å²) >= 11 is 0. The van der Waals surface area contributed by atoms with Gasteiger partial charge in [-0.15, -0.1) is 0 Å². The summed E-state index contributed by atoms with van der Waals surface area (Å²) in [5.74, 6) is -0.188. The number of amides is 2. The van der Waals surface area contributed by atoms with Gasteiger partial charge >= 0.3 is 12.2 Å². The quantitative estimate of drug-likeness (QED) is 0.822. The minimum atomic E-state index is -4.38. The lowest BCUT2D eigenvalue weighted by molar-refractivity contribution is -0.137. The van der Waals surface area contributed by atoms with Crippen LogP contribution in [0.5, 0.6) is 0 Å². The first-order valence-electron chi connectivity index (χ1n) is 7.64. The summed E-state index contributed by atoms with van der Waals surface area (Å²) in [5, 5.41) is 11.6. The monoisotopic (exact) mass is 348 g/mol. The third kappa shape index (κ3) is 4.37. The predicted molar refractivity (Wildman–Crippen MR) is 80.4 cm³/mol. The van der Waals surface area contributed by atoms with E-state index in [1.165, 1.54) is 17.0 Å². The van der Waals surface area contributed by atoms with E-state index < -0.39 is 30.0 Å². The van der Waals surface area contributed by atoms with Gasteiger partial charge in [0.05, 0.1) is 18.7 Å². The van der Waals surface area contributed by atoms with E-state index in [0.717, 1.165) is 12.1 Å². The van der Waals surface area contributed by atoms with Gasteiger partial charge in [-0.2, -0.15) is 13.2 Å². The molecular weight excluding hydrogens is 328 g/mol. The molecule has 2 N–H and O–H groups in total. The van der Waals surface area contributed by atoms with Gasteiger partial charge in [0.2, 0.25) is 0 Å². The van der Waals surface area contributed by atoms with Crippen LogP contribution in [0, 0.1) is 0 Å². The summed E-state index contributed by atoms with van der Waals surface area (Å²) in [6.45, 7) is 1.43. The second kappa shape index (κ2) is 6.96. The Bertz CT molecular complexity index is 576. The summed E-state index contributed by atoms with van der Waals surface area (Å²) in [6, 6.07) is 4.34. The number of rotatable bonds is 4. The summed E-state index contributed by atoms with van der Waals surface area (Å²) in [7, 11) is 0. The molecule has 1 fully saturated rings. The number of aliphatic hydroxyl groups excluding tert-OH is 1. The third-order valence-electron chi connectivity index (χ3n) is 4.24. The standard InChI is InChI=1S/C16H20F4N2O2/c1-11(12-2-4-13(5-3-12)16(18,19)20)8-21-14(24)22-7-6-15(17,9-22)10-23/h2-5,11,23H,6-10H2,1H3,(H,21,24)/t11-,15-/m1/s1. The number of aliphatic hydroxyl groups is 1. The van der Waals surface area contributed by atoms with Gasteiger partial charge < -0.3 is 15.3 Å². The van der Waals surface area contributed by atoms with Crippen molar-refractivity contribution in [2.75, 3.05) is 26.2 Å². The lowest BCUT2D eigenvalue weighted by atomic mass is 10.00. The molecule has 1 aromatic carbocycles. The molecule has 4 nitrogen and oxygen atoms in total. The van der Waals surface area contributed by atoms with Crippen LogP contribution in [-0.4, -0.2) is 47.9 Å². The van der Waals surface area contributed by atoms with Crippen LogP contribution in [0.4, 0.5) is 22.4 Å². The average molecular weight is 348 g/mol. The Labute approximate surface area is 137 Å². The van der Waals surface area contributed by atoms with Crippen LogP contribution in [0.25, 0.3) is 0 Å². The van der Waals surface area contributed by atoms with E-state index in [-0.39, 0.29) is 32.0 Å². The van der Waals surface area contributed by atoms with Crippen molar-refractivity contribution in [2.45, 2.75) is 31.1 Å². The van der Waals surface area contributed by atoms with Crippen LogP contribution in [0.1, 0.15) is 30.4 Å². The van der Waals surface area contributed by atoms with E-state index in [0.29, 0.717) is 5.56 Å². The first kappa shape index (κ1) is 18.5. The number of hydrogen-bond acceptors (Lipinski definition) is 2. The Morgan fingerprint density at radius 3 is 2.50 bits per heavy atom. The molecule has 134 valence electrons. The number of alkyl halides is 4. The number of hydrogen-bond donors (Lipinski definition) is 2. The Balaban J connectivity index is 1.87. The van der Waals surface area contributed by atoms with Crippen LogP contribution in [0.3, 0.4) is 0 Å². The maximum Gasteiger partial charge on any atom is 0.416 e. The molecule has 1 heterocycles. The fourth-order valence-electron chi connectivity index (χ4n) is 2.61. The predicted octanol–water partition coefficient (Wildman–Crippen LogP) is 2.92. The lowest BCUT2D eigenvalue weighted by Gasteiger charge is -2.21. The summed E-state index contributed by atoms with van der Waals surface area (Å²) in [4.78, 5) is 13.3. The molecule has 0 aliphatic carbocycles. The molecule has 0 unspecified atom stereocenters. The molecule has 2 atom stereocenters. The molecule has 2 amide bonds. The second-order valence-corrected chi connectivity index (χ2v) is 6.19. The highest BCUT2D eigenvalue weighted by atomic mass is 19.4. The van der Waals surface area contributed by atoms with Gasteiger partial charge in [0.15, 0.2) is 5.67 Å². The van der Waals surface area contributed by atoms with Gasteiger partial charge in [-0.25, -0.2) is 9.18 Å². The summed E-state index contributed by atoms with van der Waals surface area (Å²) in [5.41, 5.74) is -1.81. The van der Waals surface area contributed by atoms with Crippen LogP contribution in [0.2, 0.25) is 0 Å². The highest BCUT2D eigenvalue weighted by Gasteiger charge is 2.39. The highest BCUT2D eigenvalue weighted by molar-refractivity contribution is 5.74. The zero-order chi connectivity index (χ0) is 18.0. The van der Waals surface area contributed by atoms with Crippen molar-refractivity contribution in [2.24, 2.45) is 0 Å². The highest BCUT2D eigenvalue weighted by Crippen LogP contribution is 2.30. The Kier molecular flexibility index (Phi) is 5.37. The molecule has 8 heteroatoms. The van der Waals surface area contributed by atoms with E-state index in [2.05, 4.69) is 5.32 Å². The average Bonchev–Trinajstić information content (AvgIpc) is 2.95. The van der Waals surface area contributed by atoms with Crippen molar-refractivity contribution in [1.82, 2.24) is 10.2 Å². The maximum absolute atomic E-state index is 13.9. The minimum absolute atomic E-state index is 0.0887. The van der Waals surface area contributed by atoms with Gasteiger partial charge in [0.25, 0.3) is 0 Å². The fourth-order valence-corrected chi connectivity index (χ4v) is 2.61. The zero-order valence-corrected chi connectivity index (χ0v) is 13.2. The van der Waals surface area contributed by atoms with Gasteiger partial charge in [-0.1, -0.05) is 19.1 Å². The van der Waals surface area contributed by atoms with Crippen LogP contribution in [0.15, 0.2) is 24.3 Å². The fraction of sp³-hybridized carbons (Fsp3) is 0.562. The third-order valence-corrected chi connectivity index (χ3v) is 4.24. The number of likely N-dealkylation sites (tertiary alicyclic amines) is 1. The molecule has 1 aliphatic heterocycles. The van der Waals surface area contributed by atoms with Crippen molar-refractivity contribution in [3.05, 3.63) is 35.4 Å². The smallest absolute Gasteiger partial charge is 0.393 e. The number of carbonyl (C=O) groups is 1. The zero-order valence-electron chi connectivity index (χ0n) is 13.2. The number of urea groups is 1. The molecule has 2 rings (SSSR count). The molecule has 1 saturated heterocycles. The molecule has 1 aliphatic rings. The molecule has 0 bridgehead atoms. The Morgan fingerprint density at radius 1 is 1.38 bits per heavy atom. The molecular formula is C16H20F4N2O2. The number of benzene rings is 1. The molecule has 0 spiro atoms. The van der Waals surface area contributed by atoms with Crippen molar-refractivity contribution >= 4 is 6.03 Å². The van der Waals surface area contributed by atoms with Crippen molar-refractivity contribution < 1.29 is 27.5 Å². The molecule has 24 heavy (non-hydrogen) atoms. The van der Waals surface area contributed by atoms with Crippen molar-refractivity contribution in [1.29, 1.82) is 0 Å². The van der Waals surface area contributed by atoms with E-state index in [9.17, 15) is 22.4 Å². The molecule has 0 saturated carbocycles. The largest absolute Gasteiger partial charge is 0.416 e. The first-order valence-corrected chi connectivity index (χ1v) is 7.64. The topological polar surface area (TPSA) is 52.6 Å². The van der Waals surface area contributed by atoms with Crippen molar-refractivity contribution in [3.63, 3.8) is 0 Å². The van der Waals surface area contributed by atoms with E-state index in [1.807, 2.05) is 0 Å². The van der Waals surface area contributed by atoms with Crippen molar-refractivity contribution in [3.8, 4) is 0 Å². The molecule has 0 radical (unpaired) electrons. The van der Waals surface area contributed by atoms with Gasteiger partial charge in [0.1, 0.15) is 0 Å². The number of carbonyl (C=O) groups excluding carboxylic acids is 1. The normalized spacial score (nSPS) is 22.5. The van der Waals surface area contributed by atoms with E-state index >= 15 is 0 Å². The number of nitrogens with one attached hydrogen (secondary N) is 1. The SMILES string of the molecule is C[C@H](CNC(=O)N1CC[C@](F)(CO)C1)c1ccc(C(F)(F)F)cc1. The maximum atomic E-state index is 13.9. The minimum Gasteiger partial charge on any atom is -0.393 e. The van der Waals surface area contributed by atoms with Crippen LogP contribution < -0.4 is 5.32 Å². The van der Waals surface area contributed by atoms with Crippen LogP contribution in [-0.2, 0) is 6.18 Å². The van der Waals surface area contributed by atoms with E-state index in [4.69, 9.17) is 5.11 Å². The molecule has 1 aromatic rings. The summed E-state index contributed by atoms with van der Waals surface area (Å²) < 4.78 is 51.5. The van der Waals surface area contributed by atoms with Gasteiger partial charge in [0, 0.05) is 19.5 Å². The van der Waals surface area contributed by atoms with E-state index in [1.54, 1.807) is 6.92 Å². The number of halogens is 4. The first-order chi connectivity index (χ1) is 11.1. The van der Waals surface area contributed by atoms with Gasteiger partial charge in [-0.3, -0.25) is 0 Å². The molecule has 0 aromatic heterocycles. The van der Waals surface area contributed by atoms with Gasteiger partial charge in [-0.05, 0) is 23.6 Å². The Hall–Kier alpha value is -1.83. The number of nitrogens with zero attached hydrogens (tertiary/aromatic N) is 1. The second-order valence-electron chi connectivity index (χ2n) is 6.19.